The number of likely N-dealkylation sites (tertiary alicyclic amines) is 1. The summed E-state index contributed by atoms with van der Waals surface area (Å²) in [6, 6.07) is 6.81. The quantitative estimate of drug-likeness (QED) is 0.795. The molecule has 0 saturated carbocycles. The van der Waals surface area contributed by atoms with E-state index in [1.54, 1.807) is 38.1 Å². The summed E-state index contributed by atoms with van der Waals surface area (Å²) in [5.41, 5.74) is 0.802. The van der Waals surface area contributed by atoms with E-state index in [2.05, 4.69) is 15.5 Å². The average molecular weight is 344 g/mol. The Morgan fingerprint density at radius 2 is 2.12 bits per heavy atom. The monoisotopic (exact) mass is 344 g/mol. The van der Waals surface area contributed by atoms with Gasteiger partial charge in [-0.05, 0) is 26.0 Å². The fraction of sp³-hybridized carbons (Fsp3) is 0.412. The maximum absolute atomic E-state index is 12.2. The Hall–Kier alpha value is -2.74. The van der Waals surface area contributed by atoms with E-state index in [0.717, 1.165) is 0 Å². The normalized spacial score (nSPS) is 14.8. The number of hydrogen-bond donors (Lipinski definition) is 1. The Kier molecular flexibility index (Phi) is 5.08. The molecule has 1 aliphatic heterocycles. The van der Waals surface area contributed by atoms with Crippen LogP contribution in [0.3, 0.4) is 0 Å². The Bertz CT molecular complexity index is 768. The molecule has 0 unspecified atom stereocenters. The van der Waals surface area contributed by atoms with Gasteiger partial charge < -0.3 is 14.6 Å². The van der Waals surface area contributed by atoms with Gasteiger partial charge >= 0.3 is 5.97 Å². The predicted molar refractivity (Wildman–Crippen MR) is 89.2 cm³/mol. The van der Waals surface area contributed by atoms with Gasteiger partial charge in [-0.1, -0.05) is 17.3 Å². The molecule has 0 radical (unpaired) electrons. The Morgan fingerprint density at radius 3 is 2.80 bits per heavy atom. The molecular weight excluding hydrogens is 324 g/mol. The van der Waals surface area contributed by atoms with Gasteiger partial charge in [0.05, 0.1) is 30.3 Å². The van der Waals surface area contributed by atoms with Crippen LogP contribution in [0, 0.1) is 6.92 Å². The molecule has 8 nitrogen and oxygen atoms in total. The molecule has 0 atom stereocenters. The number of benzene rings is 1. The minimum absolute atomic E-state index is 0.167. The van der Waals surface area contributed by atoms with E-state index in [1.807, 2.05) is 4.90 Å². The highest BCUT2D eigenvalue weighted by Crippen LogP contribution is 2.25. The number of hydrogen-bond acceptors (Lipinski definition) is 7. The van der Waals surface area contributed by atoms with Crippen LogP contribution in [-0.4, -0.2) is 53.2 Å². The van der Waals surface area contributed by atoms with E-state index in [-0.39, 0.29) is 25.0 Å². The SMILES string of the molecule is CCOC(=O)c1ccccc1NC(=O)CN1CC(c2nc(C)no2)C1. The number of aryl methyl sites for hydroxylation is 1. The van der Waals surface area contributed by atoms with Gasteiger partial charge in [-0.3, -0.25) is 9.69 Å². The van der Waals surface area contributed by atoms with Crippen molar-refractivity contribution < 1.29 is 18.8 Å². The molecule has 25 heavy (non-hydrogen) atoms. The van der Waals surface area contributed by atoms with Crippen LogP contribution >= 0.6 is 0 Å². The van der Waals surface area contributed by atoms with E-state index >= 15 is 0 Å². The molecule has 2 heterocycles. The molecule has 1 aromatic heterocycles. The first kappa shape index (κ1) is 17.1. The van der Waals surface area contributed by atoms with Crippen molar-refractivity contribution in [2.45, 2.75) is 19.8 Å². The van der Waals surface area contributed by atoms with Crippen molar-refractivity contribution in [2.75, 3.05) is 31.6 Å². The molecule has 0 spiro atoms. The summed E-state index contributed by atoms with van der Waals surface area (Å²) < 4.78 is 10.1. The summed E-state index contributed by atoms with van der Waals surface area (Å²) in [6.45, 7) is 5.41. The molecule has 0 aliphatic carbocycles. The van der Waals surface area contributed by atoms with Gasteiger partial charge in [-0.15, -0.1) is 0 Å². The average Bonchev–Trinajstić information content (AvgIpc) is 2.97. The molecule has 0 bridgehead atoms. The Morgan fingerprint density at radius 1 is 1.36 bits per heavy atom. The van der Waals surface area contributed by atoms with E-state index in [4.69, 9.17) is 9.26 Å². The summed E-state index contributed by atoms with van der Waals surface area (Å²) in [5.74, 6) is 0.760. The van der Waals surface area contributed by atoms with Crippen LogP contribution in [0.15, 0.2) is 28.8 Å². The molecule has 1 aliphatic rings. The second-order valence-corrected chi connectivity index (χ2v) is 5.89. The molecule has 132 valence electrons. The van der Waals surface area contributed by atoms with Crippen molar-refractivity contribution in [1.29, 1.82) is 0 Å². The lowest BCUT2D eigenvalue weighted by atomic mass is 10.0. The number of carbonyl (C=O) groups excluding carboxylic acids is 2. The van der Waals surface area contributed by atoms with Gasteiger partial charge in [0.2, 0.25) is 11.8 Å². The van der Waals surface area contributed by atoms with Crippen LogP contribution < -0.4 is 5.32 Å². The molecule has 1 N–H and O–H groups in total. The zero-order valence-corrected chi connectivity index (χ0v) is 14.2. The van der Waals surface area contributed by atoms with Crippen molar-refractivity contribution >= 4 is 17.6 Å². The molecule has 1 aromatic carbocycles. The van der Waals surface area contributed by atoms with Gasteiger partial charge in [-0.2, -0.15) is 4.98 Å². The number of aromatic nitrogens is 2. The summed E-state index contributed by atoms with van der Waals surface area (Å²) in [4.78, 5) is 30.4. The molecule has 1 saturated heterocycles. The van der Waals surface area contributed by atoms with Gasteiger partial charge in [0, 0.05) is 13.1 Å². The number of rotatable bonds is 6. The van der Waals surface area contributed by atoms with Crippen LogP contribution in [0.25, 0.3) is 0 Å². The lowest BCUT2D eigenvalue weighted by molar-refractivity contribution is -0.118. The summed E-state index contributed by atoms with van der Waals surface area (Å²) >= 11 is 0. The largest absolute Gasteiger partial charge is 0.462 e. The first-order valence-corrected chi connectivity index (χ1v) is 8.15. The number of ether oxygens (including phenoxy) is 1. The van der Waals surface area contributed by atoms with Gasteiger partial charge in [0.1, 0.15) is 0 Å². The zero-order chi connectivity index (χ0) is 17.8. The first-order chi connectivity index (χ1) is 12.1. The number of carbonyl (C=O) groups is 2. The fourth-order valence-electron chi connectivity index (χ4n) is 2.71. The van der Waals surface area contributed by atoms with E-state index in [9.17, 15) is 9.59 Å². The lowest BCUT2D eigenvalue weighted by Crippen LogP contribution is -2.48. The Labute approximate surface area is 145 Å². The number of esters is 1. The molecule has 3 rings (SSSR count). The van der Waals surface area contributed by atoms with E-state index in [1.165, 1.54) is 0 Å². The van der Waals surface area contributed by atoms with Gasteiger partial charge in [-0.25, -0.2) is 4.79 Å². The third kappa shape index (κ3) is 4.03. The van der Waals surface area contributed by atoms with Crippen LogP contribution in [0.1, 0.15) is 34.9 Å². The van der Waals surface area contributed by atoms with Gasteiger partial charge in [0.25, 0.3) is 0 Å². The third-order valence-electron chi connectivity index (χ3n) is 3.91. The van der Waals surface area contributed by atoms with Crippen LogP contribution in [0.2, 0.25) is 0 Å². The number of nitrogens with one attached hydrogen (secondary N) is 1. The smallest absolute Gasteiger partial charge is 0.340 e. The van der Waals surface area contributed by atoms with Crippen LogP contribution in [0.4, 0.5) is 5.69 Å². The van der Waals surface area contributed by atoms with Gasteiger partial charge in [0.15, 0.2) is 5.82 Å². The highest BCUT2D eigenvalue weighted by Gasteiger charge is 2.33. The second-order valence-electron chi connectivity index (χ2n) is 5.89. The number of para-hydroxylation sites is 1. The molecule has 8 heteroatoms. The zero-order valence-electron chi connectivity index (χ0n) is 14.2. The Balaban J connectivity index is 1.53. The minimum atomic E-state index is -0.450. The predicted octanol–water partition coefficient (Wildman–Crippen LogP) is 1.59. The van der Waals surface area contributed by atoms with Crippen molar-refractivity contribution in [3.63, 3.8) is 0 Å². The molecular formula is C17H20N4O4. The summed E-state index contributed by atoms with van der Waals surface area (Å²) in [5, 5.41) is 6.55. The number of nitrogens with zero attached hydrogens (tertiary/aromatic N) is 3. The van der Waals surface area contributed by atoms with Crippen molar-refractivity contribution in [3.8, 4) is 0 Å². The number of anilines is 1. The lowest BCUT2D eigenvalue weighted by Gasteiger charge is -2.36. The molecule has 2 aromatic rings. The highest BCUT2D eigenvalue weighted by molar-refractivity contribution is 6.01. The number of amides is 1. The maximum atomic E-state index is 12.2. The van der Waals surface area contributed by atoms with E-state index < -0.39 is 5.97 Å². The summed E-state index contributed by atoms with van der Waals surface area (Å²) in [6.07, 6.45) is 0. The maximum Gasteiger partial charge on any atom is 0.340 e. The highest BCUT2D eigenvalue weighted by atomic mass is 16.5. The summed E-state index contributed by atoms with van der Waals surface area (Å²) in [7, 11) is 0. The van der Waals surface area contributed by atoms with E-state index in [0.29, 0.717) is 36.1 Å². The fourth-order valence-corrected chi connectivity index (χ4v) is 2.71. The van der Waals surface area contributed by atoms with Crippen LogP contribution in [0.5, 0.6) is 0 Å². The second kappa shape index (κ2) is 7.43. The molecule has 1 fully saturated rings. The topological polar surface area (TPSA) is 97.6 Å². The third-order valence-corrected chi connectivity index (χ3v) is 3.91. The van der Waals surface area contributed by atoms with Crippen LogP contribution in [-0.2, 0) is 9.53 Å². The van der Waals surface area contributed by atoms with Crippen molar-refractivity contribution in [3.05, 3.63) is 41.5 Å². The molecule has 1 amide bonds. The first-order valence-electron chi connectivity index (χ1n) is 8.15. The standard InChI is InChI=1S/C17H20N4O4/c1-3-24-17(23)13-6-4-5-7-14(13)19-15(22)10-21-8-12(9-21)16-18-11(2)20-25-16/h4-7,12H,3,8-10H2,1-2H3,(H,19,22). The minimum Gasteiger partial charge on any atom is -0.462 e. The van der Waals surface area contributed by atoms with Crippen molar-refractivity contribution in [1.82, 2.24) is 15.0 Å². The van der Waals surface area contributed by atoms with Crippen molar-refractivity contribution in [2.24, 2.45) is 0 Å².